The molecular formula is C17H31N3. The topological polar surface area (TPSA) is 29.9 Å². The van der Waals surface area contributed by atoms with E-state index in [0.29, 0.717) is 5.41 Å². The summed E-state index contributed by atoms with van der Waals surface area (Å²) < 4.78 is 2.08. The minimum absolute atomic E-state index is 0.192. The number of aromatic nitrogens is 2. The monoisotopic (exact) mass is 277 g/mol. The fourth-order valence-electron chi connectivity index (χ4n) is 2.92. The molecule has 1 fully saturated rings. The highest BCUT2D eigenvalue weighted by Crippen LogP contribution is 2.47. The summed E-state index contributed by atoms with van der Waals surface area (Å²) in [4.78, 5) is 0. The van der Waals surface area contributed by atoms with E-state index in [9.17, 15) is 0 Å². The van der Waals surface area contributed by atoms with Crippen molar-refractivity contribution in [2.45, 2.75) is 65.8 Å². The van der Waals surface area contributed by atoms with Gasteiger partial charge in [-0.05, 0) is 63.9 Å². The van der Waals surface area contributed by atoms with Crippen LogP contribution >= 0.6 is 0 Å². The molecule has 1 heterocycles. The van der Waals surface area contributed by atoms with Gasteiger partial charge in [-0.3, -0.25) is 4.68 Å². The van der Waals surface area contributed by atoms with Gasteiger partial charge in [-0.15, -0.1) is 0 Å². The molecule has 0 radical (unpaired) electrons. The Labute approximate surface area is 124 Å². The van der Waals surface area contributed by atoms with Crippen LogP contribution in [0, 0.1) is 11.3 Å². The van der Waals surface area contributed by atoms with E-state index in [-0.39, 0.29) is 5.54 Å². The molecule has 0 aromatic carbocycles. The summed E-state index contributed by atoms with van der Waals surface area (Å²) in [7, 11) is 2.08. The average molecular weight is 277 g/mol. The van der Waals surface area contributed by atoms with Crippen LogP contribution in [-0.2, 0) is 19.9 Å². The average Bonchev–Trinajstić information content (AvgIpc) is 3.14. The minimum Gasteiger partial charge on any atom is -0.312 e. The maximum absolute atomic E-state index is 4.60. The van der Waals surface area contributed by atoms with Crippen molar-refractivity contribution in [3.05, 3.63) is 17.5 Å². The molecule has 0 aliphatic heterocycles. The second kappa shape index (κ2) is 5.51. The van der Waals surface area contributed by atoms with Gasteiger partial charge in [0.1, 0.15) is 0 Å². The highest BCUT2D eigenvalue weighted by atomic mass is 15.3. The fourth-order valence-corrected chi connectivity index (χ4v) is 2.92. The normalized spacial score (nSPS) is 19.1. The zero-order chi connectivity index (χ0) is 15.0. The molecule has 2 rings (SSSR count). The van der Waals surface area contributed by atoms with Gasteiger partial charge in [-0.25, -0.2) is 0 Å². The van der Waals surface area contributed by atoms with Crippen molar-refractivity contribution >= 4 is 0 Å². The van der Waals surface area contributed by atoms with E-state index >= 15 is 0 Å². The summed E-state index contributed by atoms with van der Waals surface area (Å²) in [5, 5.41) is 8.31. The number of rotatable bonds is 6. The summed E-state index contributed by atoms with van der Waals surface area (Å²) >= 11 is 0. The Balaban J connectivity index is 2.10. The lowest BCUT2D eigenvalue weighted by atomic mass is 9.79. The van der Waals surface area contributed by atoms with Crippen LogP contribution in [0.25, 0.3) is 0 Å². The van der Waals surface area contributed by atoms with Crippen LogP contribution < -0.4 is 5.32 Å². The van der Waals surface area contributed by atoms with Crippen LogP contribution in [0.5, 0.6) is 0 Å². The number of hydrogen-bond donors (Lipinski definition) is 1. The van der Waals surface area contributed by atoms with Crippen molar-refractivity contribution < 1.29 is 0 Å². The molecule has 3 heteroatoms. The first-order valence-electron chi connectivity index (χ1n) is 8.00. The van der Waals surface area contributed by atoms with Crippen molar-refractivity contribution in [3.8, 4) is 0 Å². The van der Waals surface area contributed by atoms with E-state index in [1.807, 2.05) is 0 Å². The van der Waals surface area contributed by atoms with E-state index in [1.165, 1.54) is 24.2 Å². The maximum atomic E-state index is 4.60. The smallest absolute Gasteiger partial charge is 0.0624 e. The lowest BCUT2D eigenvalue weighted by molar-refractivity contribution is 0.223. The largest absolute Gasteiger partial charge is 0.312 e. The quantitative estimate of drug-likeness (QED) is 0.864. The van der Waals surface area contributed by atoms with Crippen LogP contribution in [0.2, 0.25) is 0 Å². The van der Waals surface area contributed by atoms with Crippen molar-refractivity contribution in [1.82, 2.24) is 15.1 Å². The number of hydrogen-bond acceptors (Lipinski definition) is 2. The molecule has 0 saturated heterocycles. The van der Waals surface area contributed by atoms with Gasteiger partial charge in [0.2, 0.25) is 0 Å². The zero-order valence-electron chi connectivity index (χ0n) is 14.1. The van der Waals surface area contributed by atoms with Crippen molar-refractivity contribution in [2.24, 2.45) is 18.4 Å². The summed E-state index contributed by atoms with van der Waals surface area (Å²) in [5.74, 6) is 0.873. The molecule has 1 aliphatic carbocycles. The predicted octanol–water partition coefficient (Wildman–Crippen LogP) is 3.33. The van der Waals surface area contributed by atoms with Crippen LogP contribution in [0.3, 0.4) is 0 Å². The van der Waals surface area contributed by atoms with Gasteiger partial charge in [-0.2, -0.15) is 5.10 Å². The molecule has 1 atom stereocenters. The Hall–Kier alpha value is -0.830. The summed E-state index contributed by atoms with van der Waals surface area (Å²) in [6.07, 6.45) is 4.93. The SMILES string of the molecule is CCc1cc(CC(C)(CNC(C)(C)C)C2CC2)n(C)n1. The molecule has 1 aromatic rings. The summed E-state index contributed by atoms with van der Waals surface area (Å²) in [6, 6.07) is 2.29. The van der Waals surface area contributed by atoms with Crippen LogP contribution in [0.15, 0.2) is 6.07 Å². The molecule has 1 N–H and O–H groups in total. The Morgan fingerprint density at radius 1 is 1.30 bits per heavy atom. The Morgan fingerprint density at radius 2 is 1.95 bits per heavy atom. The predicted molar refractivity (Wildman–Crippen MR) is 84.9 cm³/mol. The lowest BCUT2D eigenvalue weighted by Crippen LogP contribution is -2.44. The molecule has 1 saturated carbocycles. The second-order valence-electron chi connectivity index (χ2n) is 7.81. The van der Waals surface area contributed by atoms with Gasteiger partial charge in [0.05, 0.1) is 5.69 Å². The van der Waals surface area contributed by atoms with E-state index in [0.717, 1.165) is 25.3 Å². The first-order valence-corrected chi connectivity index (χ1v) is 8.00. The second-order valence-corrected chi connectivity index (χ2v) is 7.81. The Morgan fingerprint density at radius 3 is 2.40 bits per heavy atom. The maximum Gasteiger partial charge on any atom is 0.0624 e. The van der Waals surface area contributed by atoms with E-state index in [2.05, 4.69) is 62.8 Å². The minimum atomic E-state index is 0.192. The summed E-state index contributed by atoms with van der Waals surface area (Å²) in [6.45, 7) is 12.5. The number of aryl methyl sites for hydroxylation is 2. The zero-order valence-corrected chi connectivity index (χ0v) is 14.1. The molecule has 0 amide bonds. The molecule has 1 aromatic heterocycles. The molecule has 0 bridgehead atoms. The molecule has 114 valence electrons. The number of nitrogens with zero attached hydrogens (tertiary/aromatic N) is 2. The third-order valence-electron chi connectivity index (χ3n) is 4.56. The van der Waals surface area contributed by atoms with E-state index in [4.69, 9.17) is 0 Å². The summed E-state index contributed by atoms with van der Waals surface area (Å²) in [5.41, 5.74) is 3.14. The molecule has 0 spiro atoms. The molecule has 3 nitrogen and oxygen atoms in total. The highest BCUT2D eigenvalue weighted by Gasteiger charge is 2.42. The molecule has 1 aliphatic rings. The lowest BCUT2D eigenvalue weighted by Gasteiger charge is -2.34. The van der Waals surface area contributed by atoms with Gasteiger partial charge in [0.25, 0.3) is 0 Å². The van der Waals surface area contributed by atoms with Gasteiger partial charge in [-0.1, -0.05) is 13.8 Å². The molecular weight excluding hydrogens is 246 g/mol. The fraction of sp³-hybridized carbons (Fsp3) is 0.824. The van der Waals surface area contributed by atoms with E-state index < -0.39 is 0 Å². The van der Waals surface area contributed by atoms with Crippen molar-refractivity contribution in [1.29, 1.82) is 0 Å². The van der Waals surface area contributed by atoms with Crippen molar-refractivity contribution in [2.75, 3.05) is 6.54 Å². The first kappa shape index (κ1) is 15.6. The van der Waals surface area contributed by atoms with Gasteiger partial charge in [0.15, 0.2) is 0 Å². The third kappa shape index (κ3) is 3.85. The van der Waals surface area contributed by atoms with Crippen LogP contribution in [0.4, 0.5) is 0 Å². The third-order valence-corrected chi connectivity index (χ3v) is 4.56. The molecule has 1 unspecified atom stereocenters. The number of nitrogens with one attached hydrogen (secondary N) is 1. The highest BCUT2D eigenvalue weighted by molar-refractivity contribution is 5.14. The first-order chi connectivity index (χ1) is 9.23. The standard InChI is InChI=1S/C17H31N3/c1-7-14-10-15(20(6)19-14)11-17(5,13-8-9-13)12-18-16(2,3)4/h10,13,18H,7-9,11-12H2,1-6H3. The van der Waals surface area contributed by atoms with E-state index in [1.54, 1.807) is 0 Å². The van der Waals surface area contributed by atoms with Crippen molar-refractivity contribution in [3.63, 3.8) is 0 Å². The van der Waals surface area contributed by atoms with Gasteiger partial charge < -0.3 is 5.32 Å². The Kier molecular flexibility index (Phi) is 4.29. The Bertz CT molecular complexity index is 451. The van der Waals surface area contributed by atoms with Crippen LogP contribution in [-0.4, -0.2) is 21.9 Å². The van der Waals surface area contributed by atoms with Gasteiger partial charge in [0, 0.05) is 24.8 Å². The van der Waals surface area contributed by atoms with Crippen LogP contribution in [0.1, 0.15) is 58.8 Å². The van der Waals surface area contributed by atoms with Gasteiger partial charge >= 0.3 is 0 Å². The molecule has 20 heavy (non-hydrogen) atoms.